The summed E-state index contributed by atoms with van der Waals surface area (Å²) >= 11 is 0. The second-order valence-electron chi connectivity index (χ2n) is 24.2. The molecular formula is C68H72N4O24. The smallest absolute Gasteiger partial charge is 0.229 e. The van der Waals surface area contributed by atoms with Crippen molar-refractivity contribution in [3.8, 4) is 67.5 Å². The molecule has 0 amide bonds. The first-order valence-corrected chi connectivity index (χ1v) is 31.1. The van der Waals surface area contributed by atoms with Gasteiger partial charge in [-0.2, -0.15) is 0 Å². The number of rotatable bonds is 16. The van der Waals surface area contributed by atoms with Crippen LogP contribution in [0.5, 0.6) is 23.0 Å². The van der Waals surface area contributed by atoms with Gasteiger partial charge in [0.25, 0.3) is 0 Å². The molecule has 20 atom stereocenters. The topological polar surface area (TPSA) is 455 Å². The van der Waals surface area contributed by atoms with Crippen molar-refractivity contribution in [2.24, 2.45) is 0 Å². The molecule has 28 nitrogen and oxygen atoms in total. The van der Waals surface area contributed by atoms with Crippen LogP contribution in [0.4, 0.5) is 0 Å². The molecule has 9 heterocycles. The SMILES string of the molecule is OC[C@@H]1O[C@H](Oc2ccc(-c3c4nc(c(-c5ccc(O[C@@H]6O[C@H](CO)[C@@H](O)[C@H](O)[C@H]6O)cc5)c5nc(c(-c6ccc(O[C@@H]7O[C@H](CO)[C@@H](O)[C@H](O)[C@H]7O)cc6)c6ccc([nH]6)c(-c6ccc(O[C@H]7O[C@@H](CO)[C@H](O)[C@@H](O)[C@@H]7O)cc6)c6ccc3[nH]6)CC5)C=C4)cc2)[C@@H](O)[C@H](O)[C@H]1O. The van der Waals surface area contributed by atoms with E-state index in [1.54, 1.807) is 97.1 Å². The minimum atomic E-state index is -1.68. The zero-order valence-electron chi connectivity index (χ0n) is 50.8. The fourth-order valence-corrected chi connectivity index (χ4v) is 12.7. The number of fused-ring (bicyclic) bond motifs is 8. The van der Waals surface area contributed by atoms with Gasteiger partial charge in [0.1, 0.15) is 121 Å². The van der Waals surface area contributed by atoms with Gasteiger partial charge in [-0.25, -0.2) is 4.98 Å². The van der Waals surface area contributed by atoms with E-state index in [-0.39, 0.29) is 23.0 Å². The lowest BCUT2D eigenvalue weighted by atomic mass is 9.99. The van der Waals surface area contributed by atoms with E-state index in [0.29, 0.717) is 102 Å². The van der Waals surface area contributed by atoms with E-state index < -0.39 is 149 Å². The molecule has 4 fully saturated rings. The summed E-state index contributed by atoms with van der Waals surface area (Å²) in [6.07, 6.45) is -26.1. The van der Waals surface area contributed by atoms with Crippen molar-refractivity contribution in [1.29, 1.82) is 0 Å². The Labute approximate surface area is 545 Å². The van der Waals surface area contributed by atoms with Gasteiger partial charge in [0.05, 0.1) is 49.2 Å². The Balaban J connectivity index is 0.979. The normalized spacial score (nSPS) is 31.4. The average molecular weight is 1330 g/mol. The van der Waals surface area contributed by atoms with Gasteiger partial charge in [-0.3, -0.25) is 4.98 Å². The molecule has 6 aliphatic rings. The minimum Gasteiger partial charge on any atom is -0.462 e. The highest BCUT2D eigenvalue weighted by Crippen LogP contribution is 2.41. The molecular weight excluding hydrogens is 1260 g/mol. The third kappa shape index (κ3) is 12.9. The molecule has 7 aromatic rings. The maximum Gasteiger partial charge on any atom is 0.229 e. The minimum absolute atomic E-state index is 0.201. The van der Waals surface area contributed by atoms with Crippen molar-refractivity contribution in [3.63, 3.8) is 0 Å². The number of aromatic amines is 2. The fraction of sp³-hybridized carbons (Fsp3) is 0.382. The van der Waals surface area contributed by atoms with E-state index in [1.807, 2.05) is 36.4 Å². The number of aryl methyl sites for hydroxylation is 2. The lowest BCUT2D eigenvalue weighted by Gasteiger charge is -2.39. The van der Waals surface area contributed by atoms with Gasteiger partial charge in [-0.1, -0.05) is 48.5 Å². The number of ether oxygens (including phenoxy) is 8. The van der Waals surface area contributed by atoms with Gasteiger partial charge in [-0.05, 0) is 120 Å². The summed E-state index contributed by atoms with van der Waals surface area (Å²) in [7, 11) is 0. The second-order valence-corrected chi connectivity index (χ2v) is 24.2. The molecule has 4 aromatic carbocycles. The van der Waals surface area contributed by atoms with Crippen LogP contribution in [-0.2, 0) is 31.8 Å². The first-order chi connectivity index (χ1) is 46.3. The summed E-state index contributed by atoms with van der Waals surface area (Å²) in [5.41, 5.74) is 9.60. The van der Waals surface area contributed by atoms with Crippen molar-refractivity contribution in [2.45, 2.75) is 136 Å². The molecule has 4 saturated heterocycles. The van der Waals surface area contributed by atoms with Crippen LogP contribution >= 0.6 is 0 Å². The molecule has 18 N–H and O–H groups in total. The van der Waals surface area contributed by atoms with E-state index in [0.717, 1.165) is 0 Å². The number of aromatic nitrogens is 4. The summed E-state index contributed by atoms with van der Waals surface area (Å²) in [5.74, 6) is 0.824. The highest BCUT2D eigenvalue weighted by Gasteiger charge is 2.48. The third-order valence-electron chi connectivity index (χ3n) is 18.0. The Morgan fingerprint density at radius 3 is 0.885 bits per heavy atom. The van der Waals surface area contributed by atoms with E-state index in [9.17, 15) is 81.7 Å². The molecule has 28 heteroatoms. The molecule has 0 saturated carbocycles. The van der Waals surface area contributed by atoms with Crippen LogP contribution in [0, 0.1) is 0 Å². The number of nitrogens with one attached hydrogen (secondary N) is 2. The second kappa shape index (κ2) is 27.9. The van der Waals surface area contributed by atoms with Crippen molar-refractivity contribution in [2.75, 3.05) is 26.4 Å². The van der Waals surface area contributed by atoms with Gasteiger partial charge in [0.15, 0.2) is 0 Å². The van der Waals surface area contributed by atoms with Crippen LogP contribution in [0.25, 0.3) is 78.7 Å². The standard InChI is InChI=1S/C68H72N4O24/c73-25-45-53(77)57(81)61(85)65(93-45)89-33-9-1-29(2-10-33)49-37-17-19-39(69-37)50(30-3-11-34(12-4-30)90-66-62(86)58(82)54(78)46(26-74)94-66)41-21-23-43(71-41)52(32-7-15-36(16-8-32)92-68-64(88)60(84)56(80)48(28-76)96-68)44-24-22-42(72-44)51(40-20-18-38(49)70-40)31-5-13-35(14-6-31)91-67-63(87)59(83)55(79)47(27-75)95-67/h1-21,23,45-48,53-70,73-88H,22,24-28H2/t45-,46-,47+,48+,53-,54-,55+,56+,57+,58+,59-,60-,61-,62-,63+,64+,65-,66-,67+,68+/m0/s1. The molecule has 0 aliphatic carbocycles. The molecule has 3 aromatic heterocycles. The van der Waals surface area contributed by atoms with E-state index in [4.69, 9.17) is 47.9 Å². The fourth-order valence-electron chi connectivity index (χ4n) is 12.7. The van der Waals surface area contributed by atoms with Crippen molar-refractivity contribution < 1.29 is 120 Å². The maximum absolute atomic E-state index is 10.9. The first kappa shape index (κ1) is 66.7. The Kier molecular flexibility index (Phi) is 19.4. The average Bonchev–Trinajstić information content (AvgIpc) is 1.58. The quantitative estimate of drug-likeness (QED) is 0.0588. The molecule has 0 radical (unpaired) electrons. The van der Waals surface area contributed by atoms with Crippen LogP contribution in [0.15, 0.2) is 121 Å². The third-order valence-corrected chi connectivity index (χ3v) is 18.0. The number of hydrogen-bond acceptors (Lipinski definition) is 26. The molecule has 96 heavy (non-hydrogen) atoms. The monoisotopic (exact) mass is 1330 g/mol. The van der Waals surface area contributed by atoms with Crippen molar-refractivity contribution >= 4 is 34.2 Å². The molecule has 0 spiro atoms. The molecule has 508 valence electrons. The number of H-pyrrole nitrogens is 2. The van der Waals surface area contributed by atoms with Gasteiger partial charge in [0.2, 0.25) is 25.2 Å². The van der Waals surface area contributed by atoms with Crippen LogP contribution in [0.1, 0.15) is 22.8 Å². The maximum atomic E-state index is 10.9. The van der Waals surface area contributed by atoms with E-state index >= 15 is 0 Å². The zero-order chi connectivity index (χ0) is 67.4. The van der Waals surface area contributed by atoms with Crippen LogP contribution < -0.4 is 18.9 Å². The summed E-state index contributed by atoms with van der Waals surface area (Å²) in [6, 6.07) is 34.7. The Morgan fingerprint density at radius 1 is 0.302 bits per heavy atom. The summed E-state index contributed by atoms with van der Waals surface area (Å²) in [4.78, 5) is 18.1. The van der Waals surface area contributed by atoms with Crippen LogP contribution in [0.3, 0.4) is 0 Å². The number of nitrogens with zero attached hydrogens (tertiary/aromatic N) is 2. The number of aliphatic hydroxyl groups is 16. The van der Waals surface area contributed by atoms with Crippen molar-refractivity contribution in [3.05, 3.63) is 144 Å². The van der Waals surface area contributed by atoms with Crippen LogP contribution in [0.2, 0.25) is 0 Å². The summed E-state index contributed by atoms with van der Waals surface area (Å²) in [5, 5.41) is 167. The van der Waals surface area contributed by atoms with Crippen LogP contribution in [-0.4, -0.2) is 251 Å². The summed E-state index contributed by atoms with van der Waals surface area (Å²) < 4.78 is 46.6. The zero-order valence-corrected chi connectivity index (χ0v) is 50.8. The highest BCUT2D eigenvalue weighted by atomic mass is 16.7. The lowest BCUT2D eigenvalue weighted by molar-refractivity contribution is -0.277. The predicted molar refractivity (Wildman–Crippen MR) is 337 cm³/mol. The Bertz CT molecular complexity index is 4070. The number of hydrogen-bond donors (Lipinski definition) is 18. The molecule has 13 rings (SSSR count). The van der Waals surface area contributed by atoms with Gasteiger partial charge >= 0.3 is 0 Å². The first-order valence-electron chi connectivity index (χ1n) is 31.1. The largest absolute Gasteiger partial charge is 0.462 e. The van der Waals surface area contributed by atoms with E-state index in [1.165, 1.54) is 0 Å². The Morgan fingerprint density at radius 2 is 0.562 bits per heavy atom. The molecule has 8 bridgehead atoms. The van der Waals surface area contributed by atoms with Gasteiger partial charge in [-0.15, -0.1) is 0 Å². The van der Waals surface area contributed by atoms with Crippen molar-refractivity contribution in [1.82, 2.24) is 19.9 Å². The van der Waals surface area contributed by atoms with Gasteiger partial charge in [0, 0.05) is 44.3 Å². The molecule has 0 unspecified atom stereocenters. The van der Waals surface area contributed by atoms with Gasteiger partial charge < -0.3 is 130 Å². The highest BCUT2D eigenvalue weighted by molar-refractivity contribution is 5.98. The number of benzene rings is 4. The predicted octanol–water partition coefficient (Wildman–Crippen LogP) is -0.347. The Hall–Kier alpha value is -7.86. The number of aliphatic hydroxyl groups excluding tert-OH is 16. The lowest BCUT2D eigenvalue weighted by Crippen LogP contribution is -2.60. The van der Waals surface area contributed by atoms with E-state index in [2.05, 4.69) is 9.97 Å². The molecule has 6 aliphatic heterocycles. The summed E-state index contributed by atoms with van der Waals surface area (Å²) in [6.45, 7) is -2.63.